The molecule has 110 valence electrons. The van der Waals surface area contributed by atoms with E-state index < -0.39 is 0 Å². The van der Waals surface area contributed by atoms with Crippen LogP contribution in [0.2, 0.25) is 5.02 Å². The Morgan fingerprint density at radius 2 is 2.14 bits per heavy atom. The van der Waals surface area contributed by atoms with Gasteiger partial charge in [-0.1, -0.05) is 11.6 Å². The number of ether oxygens (including phenoxy) is 1. The van der Waals surface area contributed by atoms with E-state index in [0.29, 0.717) is 22.5 Å². The van der Waals surface area contributed by atoms with Crippen LogP contribution in [0.25, 0.3) is 11.4 Å². The van der Waals surface area contributed by atoms with Crippen LogP contribution in [-0.4, -0.2) is 32.9 Å². The molecule has 0 amide bonds. The van der Waals surface area contributed by atoms with Gasteiger partial charge in [-0.15, -0.1) is 5.10 Å². The molecule has 2 N–H and O–H groups in total. The summed E-state index contributed by atoms with van der Waals surface area (Å²) in [4.78, 5) is 0. The minimum Gasteiger partial charge on any atom is -0.398 e. The third-order valence-electron chi connectivity index (χ3n) is 4.25. The minimum atomic E-state index is 0.192. The van der Waals surface area contributed by atoms with Gasteiger partial charge in [0.15, 0.2) is 5.82 Å². The smallest absolute Gasteiger partial charge is 0.184 e. The standard InChI is InChI=1S/C14H16ClN5O/c15-9-3-4-10(11(16)7-9)14-17-18-19-20(14)12-5-6-21-13(12)8-1-2-8/h3-4,7-8,12-13H,1-2,5-6,16H2. The zero-order chi connectivity index (χ0) is 14.4. The fourth-order valence-corrected chi connectivity index (χ4v) is 3.25. The molecule has 21 heavy (non-hydrogen) atoms. The molecule has 2 unspecified atom stereocenters. The monoisotopic (exact) mass is 305 g/mol. The van der Waals surface area contributed by atoms with Gasteiger partial charge >= 0.3 is 0 Å². The van der Waals surface area contributed by atoms with Gasteiger partial charge in [-0.25, -0.2) is 4.68 Å². The lowest BCUT2D eigenvalue weighted by molar-refractivity contribution is 0.0725. The van der Waals surface area contributed by atoms with Crippen LogP contribution < -0.4 is 5.73 Å². The Bertz CT molecular complexity index is 669. The summed E-state index contributed by atoms with van der Waals surface area (Å²) in [6.45, 7) is 0.765. The van der Waals surface area contributed by atoms with E-state index in [2.05, 4.69) is 15.5 Å². The topological polar surface area (TPSA) is 78.9 Å². The van der Waals surface area contributed by atoms with Gasteiger partial charge in [0, 0.05) is 22.9 Å². The maximum absolute atomic E-state index is 6.06. The number of hydrogen-bond acceptors (Lipinski definition) is 5. The quantitative estimate of drug-likeness (QED) is 0.880. The van der Waals surface area contributed by atoms with E-state index in [4.69, 9.17) is 22.1 Å². The highest BCUT2D eigenvalue weighted by atomic mass is 35.5. The van der Waals surface area contributed by atoms with Crippen molar-refractivity contribution in [3.8, 4) is 11.4 Å². The van der Waals surface area contributed by atoms with Gasteiger partial charge in [-0.2, -0.15) is 0 Å². The van der Waals surface area contributed by atoms with Crippen molar-refractivity contribution in [3.05, 3.63) is 23.2 Å². The van der Waals surface area contributed by atoms with Crippen LogP contribution in [0.5, 0.6) is 0 Å². The van der Waals surface area contributed by atoms with E-state index in [-0.39, 0.29) is 12.1 Å². The predicted molar refractivity (Wildman–Crippen MR) is 78.8 cm³/mol. The minimum absolute atomic E-state index is 0.192. The number of anilines is 1. The van der Waals surface area contributed by atoms with Gasteiger partial charge in [-0.3, -0.25) is 0 Å². The van der Waals surface area contributed by atoms with Crippen LogP contribution in [0, 0.1) is 5.92 Å². The van der Waals surface area contributed by atoms with Crippen LogP contribution in [0.1, 0.15) is 25.3 Å². The maximum atomic E-state index is 6.06. The van der Waals surface area contributed by atoms with Gasteiger partial charge in [0.25, 0.3) is 0 Å². The van der Waals surface area contributed by atoms with E-state index in [1.54, 1.807) is 12.1 Å². The molecule has 4 rings (SSSR count). The number of rotatable bonds is 3. The van der Waals surface area contributed by atoms with E-state index in [1.165, 1.54) is 12.8 Å². The molecule has 7 heteroatoms. The molecule has 2 heterocycles. The van der Waals surface area contributed by atoms with Crippen molar-refractivity contribution in [2.45, 2.75) is 31.4 Å². The van der Waals surface area contributed by atoms with Gasteiger partial charge in [0.2, 0.25) is 0 Å². The number of aromatic nitrogens is 4. The van der Waals surface area contributed by atoms with E-state index >= 15 is 0 Å². The van der Waals surface area contributed by atoms with Gasteiger partial charge < -0.3 is 10.5 Å². The Kier molecular flexibility index (Phi) is 3.08. The van der Waals surface area contributed by atoms with Gasteiger partial charge in [0.1, 0.15) is 0 Å². The van der Waals surface area contributed by atoms with Gasteiger partial charge in [-0.05, 0) is 53.8 Å². The second kappa shape index (κ2) is 4.96. The van der Waals surface area contributed by atoms with Crippen molar-refractivity contribution in [1.82, 2.24) is 20.2 Å². The highest BCUT2D eigenvalue weighted by molar-refractivity contribution is 6.31. The van der Waals surface area contributed by atoms with Gasteiger partial charge in [0.05, 0.1) is 12.1 Å². The molecule has 1 aromatic carbocycles. The highest BCUT2D eigenvalue weighted by Gasteiger charge is 2.43. The fourth-order valence-electron chi connectivity index (χ4n) is 3.07. The lowest BCUT2D eigenvalue weighted by Crippen LogP contribution is -2.24. The summed E-state index contributed by atoms with van der Waals surface area (Å²) in [5.74, 6) is 1.34. The first-order valence-corrected chi connectivity index (χ1v) is 7.56. The molecule has 2 aromatic rings. The number of halogens is 1. The third-order valence-corrected chi connectivity index (χ3v) is 4.49. The van der Waals surface area contributed by atoms with E-state index in [0.717, 1.165) is 18.6 Å². The zero-order valence-corrected chi connectivity index (χ0v) is 12.2. The number of nitrogens with zero attached hydrogens (tertiary/aromatic N) is 4. The van der Waals surface area contributed by atoms with Crippen molar-refractivity contribution in [2.24, 2.45) is 5.92 Å². The van der Waals surface area contributed by atoms with Crippen LogP contribution >= 0.6 is 11.6 Å². The number of nitrogen functional groups attached to an aromatic ring is 1. The largest absolute Gasteiger partial charge is 0.398 e. The summed E-state index contributed by atoms with van der Waals surface area (Å²) in [5.41, 5.74) is 7.46. The van der Waals surface area contributed by atoms with Crippen LogP contribution in [0.4, 0.5) is 5.69 Å². The van der Waals surface area contributed by atoms with Crippen LogP contribution in [0.3, 0.4) is 0 Å². The molecular weight excluding hydrogens is 290 g/mol. The van der Waals surface area contributed by atoms with Crippen molar-refractivity contribution in [1.29, 1.82) is 0 Å². The second-order valence-electron chi connectivity index (χ2n) is 5.71. The Morgan fingerprint density at radius 1 is 1.29 bits per heavy atom. The zero-order valence-electron chi connectivity index (χ0n) is 11.4. The number of tetrazole rings is 1. The van der Waals surface area contributed by atoms with Crippen molar-refractivity contribution in [2.75, 3.05) is 12.3 Å². The van der Waals surface area contributed by atoms with E-state index in [9.17, 15) is 0 Å². The molecule has 1 aliphatic heterocycles. The van der Waals surface area contributed by atoms with Crippen LogP contribution in [0.15, 0.2) is 18.2 Å². The first-order valence-electron chi connectivity index (χ1n) is 7.19. The Hall–Kier alpha value is -1.66. The molecule has 2 fully saturated rings. The first kappa shape index (κ1) is 13.0. The Morgan fingerprint density at radius 3 is 2.90 bits per heavy atom. The summed E-state index contributed by atoms with van der Waals surface area (Å²) in [6.07, 6.45) is 3.64. The molecule has 1 aliphatic carbocycles. The molecule has 0 bridgehead atoms. The summed E-state index contributed by atoms with van der Waals surface area (Å²) < 4.78 is 7.76. The summed E-state index contributed by atoms with van der Waals surface area (Å²) in [5, 5.41) is 12.8. The molecule has 6 nitrogen and oxygen atoms in total. The van der Waals surface area contributed by atoms with E-state index in [1.807, 2.05) is 10.7 Å². The molecule has 0 spiro atoms. The number of hydrogen-bond donors (Lipinski definition) is 1. The molecule has 1 saturated heterocycles. The first-order chi connectivity index (χ1) is 10.2. The maximum Gasteiger partial charge on any atom is 0.184 e. The third kappa shape index (κ3) is 2.28. The lowest BCUT2D eigenvalue weighted by atomic mass is 10.1. The molecule has 2 atom stereocenters. The van der Waals surface area contributed by atoms with Crippen molar-refractivity contribution >= 4 is 17.3 Å². The Labute approximate surface area is 127 Å². The molecule has 0 radical (unpaired) electrons. The SMILES string of the molecule is Nc1cc(Cl)ccc1-c1nnnn1C1CCOC1C1CC1. The summed E-state index contributed by atoms with van der Waals surface area (Å²) >= 11 is 5.96. The predicted octanol–water partition coefficient (Wildman–Crippen LogP) is 2.32. The fraction of sp³-hybridized carbons (Fsp3) is 0.500. The molecule has 2 aliphatic rings. The number of nitrogens with two attached hydrogens (primary N) is 1. The van der Waals surface area contributed by atoms with Crippen molar-refractivity contribution in [3.63, 3.8) is 0 Å². The molecular formula is C14H16ClN5O. The average molecular weight is 306 g/mol. The summed E-state index contributed by atoms with van der Waals surface area (Å²) in [7, 11) is 0. The Balaban J connectivity index is 1.73. The van der Waals surface area contributed by atoms with Crippen molar-refractivity contribution < 1.29 is 4.74 Å². The molecule has 1 aromatic heterocycles. The summed E-state index contributed by atoms with van der Waals surface area (Å²) in [6, 6.07) is 5.58. The highest BCUT2D eigenvalue weighted by Crippen LogP contribution is 2.44. The normalized spacial score (nSPS) is 25.4. The lowest BCUT2D eigenvalue weighted by Gasteiger charge is -2.19. The molecule has 1 saturated carbocycles. The van der Waals surface area contributed by atoms with Crippen LogP contribution in [-0.2, 0) is 4.74 Å². The number of benzene rings is 1. The second-order valence-corrected chi connectivity index (χ2v) is 6.14. The average Bonchev–Trinajstić information content (AvgIpc) is 3.00.